The molecule has 1 N–H and O–H groups in total. The second kappa shape index (κ2) is 6.64. The zero-order valence-corrected chi connectivity index (χ0v) is 15.6. The Hall–Kier alpha value is -2.54. The fourth-order valence-electron chi connectivity index (χ4n) is 3.14. The molecule has 0 saturated heterocycles. The van der Waals surface area contributed by atoms with E-state index in [9.17, 15) is 4.79 Å². The van der Waals surface area contributed by atoms with Crippen LogP contribution >= 0.6 is 11.3 Å². The lowest BCUT2D eigenvalue weighted by Crippen LogP contribution is -2.29. The molecule has 4 rings (SSSR count). The number of hydrogen-bond donors (Lipinski definition) is 1. The van der Waals surface area contributed by atoms with Crippen molar-refractivity contribution in [2.24, 2.45) is 0 Å². The second-order valence-corrected chi connectivity index (χ2v) is 7.86. The standard InChI is InChI=1S/C19H21N3O3S/c1-19(2)11-13-4-3-5-15(17(13)25-19)24-8-6-20-16(23)10-14-12-22-7-9-26-18(22)21-14/h3-5,7,9,12H,6,8,10-11H2,1-2H3,(H,20,23). The van der Waals surface area contributed by atoms with Crippen LogP contribution in [-0.4, -0.2) is 34.0 Å². The van der Waals surface area contributed by atoms with Gasteiger partial charge in [-0.15, -0.1) is 11.3 Å². The Morgan fingerprint density at radius 3 is 3.19 bits per heavy atom. The van der Waals surface area contributed by atoms with Gasteiger partial charge >= 0.3 is 0 Å². The van der Waals surface area contributed by atoms with Crippen molar-refractivity contribution in [3.8, 4) is 11.5 Å². The monoisotopic (exact) mass is 371 g/mol. The van der Waals surface area contributed by atoms with Crippen LogP contribution in [0.25, 0.3) is 4.96 Å². The molecule has 2 aromatic heterocycles. The third-order valence-corrected chi connectivity index (χ3v) is 4.99. The van der Waals surface area contributed by atoms with Gasteiger partial charge in [0.1, 0.15) is 12.2 Å². The summed E-state index contributed by atoms with van der Waals surface area (Å²) in [6, 6.07) is 5.94. The zero-order valence-electron chi connectivity index (χ0n) is 14.8. The predicted octanol–water partition coefficient (Wildman–Crippen LogP) is 2.85. The Balaban J connectivity index is 1.26. The van der Waals surface area contributed by atoms with Gasteiger partial charge in [-0.2, -0.15) is 0 Å². The highest BCUT2D eigenvalue weighted by molar-refractivity contribution is 7.15. The summed E-state index contributed by atoms with van der Waals surface area (Å²) in [6.07, 6.45) is 4.96. The lowest BCUT2D eigenvalue weighted by atomic mass is 10.0. The number of carbonyl (C=O) groups is 1. The van der Waals surface area contributed by atoms with Gasteiger partial charge in [0.2, 0.25) is 5.91 Å². The highest BCUT2D eigenvalue weighted by Crippen LogP contribution is 2.41. The molecule has 1 aliphatic heterocycles. The number of amides is 1. The molecular formula is C19H21N3O3S. The number of fused-ring (bicyclic) bond motifs is 2. The Morgan fingerprint density at radius 1 is 1.46 bits per heavy atom. The minimum Gasteiger partial charge on any atom is -0.488 e. The molecule has 0 unspecified atom stereocenters. The Morgan fingerprint density at radius 2 is 2.35 bits per heavy atom. The van der Waals surface area contributed by atoms with Crippen LogP contribution < -0.4 is 14.8 Å². The summed E-state index contributed by atoms with van der Waals surface area (Å²) in [5.41, 5.74) is 1.73. The number of rotatable bonds is 6. The molecule has 6 nitrogen and oxygen atoms in total. The van der Waals surface area contributed by atoms with E-state index in [-0.39, 0.29) is 17.9 Å². The van der Waals surface area contributed by atoms with Gasteiger partial charge < -0.3 is 14.8 Å². The summed E-state index contributed by atoms with van der Waals surface area (Å²) in [7, 11) is 0. The molecule has 136 valence electrons. The van der Waals surface area contributed by atoms with E-state index in [0.29, 0.717) is 13.2 Å². The van der Waals surface area contributed by atoms with E-state index < -0.39 is 0 Å². The van der Waals surface area contributed by atoms with Gasteiger partial charge in [0.15, 0.2) is 16.5 Å². The fourth-order valence-corrected chi connectivity index (χ4v) is 3.86. The number of imidazole rings is 1. The summed E-state index contributed by atoms with van der Waals surface area (Å²) >= 11 is 1.55. The van der Waals surface area contributed by atoms with Crippen LogP contribution in [0, 0.1) is 0 Å². The van der Waals surface area contributed by atoms with E-state index in [2.05, 4.69) is 30.2 Å². The summed E-state index contributed by atoms with van der Waals surface area (Å²) in [4.78, 5) is 17.4. The Kier molecular flexibility index (Phi) is 4.32. The number of carbonyl (C=O) groups excluding carboxylic acids is 1. The van der Waals surface area contributed by atoms with Crippen molar-refractivity contribution in [1.29, 1.82) is 0 Å². The molecule has 0 atom stereocenters. The molecule has 1 aromatic carbocycles. The fraction of sp³-hybridized carbons (Fsp3) is 0.368. The van der Waals surface area contributed by atoms with Gasteiger partial charge in [0, 0.05) is 29.8 Å². The second-order valence-electron chi connectivity index (χ2n) is 6.98. The molecular weight excluding hydrogens is 350 g/mol. The van der Waals surface area contributed by atoms with E-state index in [1.165, 1.54) is 0 Å². The van der Waals surface area contributed by atoms with Crippen LogP contribution in [0.4, 0.5) is 0 Å². The summed E-state index contributed by atoms with van der Waals surface area (Å²) in [5.74, 6) is 1.49. The average molecular weight is 371 g/mol. The molecule has 0 bridgehead atoms. The SMILES string of the molecule is CC1(C)Cc2cccc(OCCNC(=O)Cc3cn4ccsc4n3)c2O1. The van der Waals surface area contributed by atoms with Gasteiger partial charge in [-0.05, 0) is 19.9 Å². The van der Waals surface area contributed by atoms with Gasteiger partial charge in [-0.25, -0.2) is 4.98 Å². The van der Waals surface area contributed by atoms with Crippen LogP contribution in [0.2, 0.25) is 0 Å². The number of nitrogens with one attached hydrogen (secondary N) is 1. The van der Waals surface area contributed by atoms with E-state index in [4.69, 9.17) is 9.47 Å². The van der Waals surface area contributed by atoms with Crippen molar-refractivity contribution in [2.75, 3.05) is 13.2 Å². The number of thiazole rings is 1. The van der Waals surface area contributed by atoms with Crippen LogP contribution in [0.5, 0.6) is 11.5 Å². The van der Waals surface area contributed by atoms with Gasteiger partial charge in [-0.1, -0.05) is 12.1 Å². The van der Waals surface area contributed by atoms with Crippen molar-refractivity contribution in [1.82, 2.24) is 14.7 Å². The lowest BCUT2D eigenvalue weighted by molar-refractivity contribution is -0.120. The number of hydrogen-bond acceptors (Lipinski definition) is 5. The van der Waals surface area contributed by atoms with Crippen molar-refractivity contribution in [3.05, 3.63) is 47.2 Å². The number of benzene rings is 1. The number of ether oxygens (including phenoxy) is 2. The number of para-hydroxylation sites is 1. The molecule has 0 radical (unpaired) electrons. The molecule has 7 heteroatoms. The summed E-state index contributed by atoms with van der Waals surface area (Å²) < 4.78 is 13.7. The van der Waals surface area contributed by atoms with Gasteiger partial charge in [0.25, 0.3) is 0 Å². The zero-order chi connectivity index (χ0) is 18.1. The van der Waals surface area contributed by atoms with Crippen molar-refractivity contribution < 1.29 is 14.3 Å². The molecule has 1 amide bonds. The minimum atomic E-state index is -0.200. The maximum atomic E-state index is 12.1. The van der Waals surface area contributed by atoms with Crippen LogP contribution in [-0.2, 0) is 17.6 Å². The van der Waals surface area contributed by atoms with E-state index in [1.54, 1.807) is 11.3 Å². The first-order valence-electron chi connectivity index (χ1n) is 8.62. The van der Waals surface area contributed by atoms with E-state index in [1.807, 2.05) is 34.3 Å². The molecule has 26 heavy (non-hydrogen) atoms. The number of aromatic nitrogens is 2. The molecule has 3 heterocycles. The van der Waals surface area contributed by atoms with Gasteiger partial charge in [0.05, 0.1) is 18.7 Å². The third kappa shape index (κ3) is 3.53. The van der Waals surface area contributed by atoms with Crippen LogP contribution in [0.3, 0.4) is 0 Å². The first kappa shape index (κ1) is 16.9. The molecule has 0 fully saturated rings. The Bertz CT molecular complexity index is 916. The molecule has 0 aliphatic carbocycles. The normalized spacial score (nSPS) is 14.8. The third-order valence-electron chi connectivity index (χ3n) is 4.22. The van der Waals surface area contributed by atoms with E-state index >= 15 is 0 Å². The highest BCUT2D eigenvalue weighted by Gasteiger charge is 2.32. The number of nitrogens with zero attached hydrogens (tertiary/aromatic N) is 2. The predicted molar refractivity (Wildman–Crippen MR) is 100 cm³/mol. The van der Waals surface area contributed by atoms with E-state index in [0.717, 1.165) is 34.1 Å². The van der Waals surface area contributed by atoms with Crippen LogP contribution in [0.1, 0.15) is 25.1 Å². The lowest BCUT2D eigenvalue weighted by Gasteiger charge is -2.18. The van der Waals surface area contributed by atoms with Crippen LogP contribution in [0.15, 0.2) is 36.0 Å². The van der Waals surface area contributed by atoms with Crippen molar-refractivity contribution in [3.63, 3.8) is 0 Å². The first-order valence-corrected chi connectivity index (χ1v) is 9.50. The Labute approximate surface area is 155 Å². The molecule has 0 spiro atoms. The topological polar surface area (TPSA) is 64.9 Å². The summed E-state index contributed by atoms with van der Waals surface area (Å²) in [5, 5.41) is 4.84. The minimum absolute atomic E-state index is 0.0602. The van der Waals surface area contributed by atoms with Crippen molar-refractivity contribution >= 4 is 22.2 Å². The first-order chi connectivity index (χ1) is 12.5. The van der Waals surface area contributed by atoms with Gasteiger partial charge in [-0.3, -0.25) is 9.20 Å². The highest BCUT2D eigenvalue weighted by atomic mass is 32.1. The quantitative estimate of drug-likeness (QED) is 0.677. The average Bonchev–Trinajstić information content (AvgIpc) is 3.23. The largest absolute Gasteiger partial charge is 0.488 e. The molecule has 3 aromatic rings. The maximum Gasteiger partial charge on any atom is 0.226 e. The molecule has 0 saturated carbocycles. The maximum absolute atomic E-state index is 12.1. The summed E-state index contributed by atoms with van der Waals surface area (Å²) in [6.45, 7) is 4.96. The molecule has 1 aliphatic rings. The smallest absolute Gasteiger partial charge is 0.226 e. The van der Waals surface area contributed by atoms with Crippen molar-refractivity contribution in [2.45, 2.75) is 32.3 Å².